The lowest BCUT2D eigenvalue weighted by Crippen LogP contribution is -2.29. The van der Waals surface area contributed by atoms with E-state index in [4.69, 9.17) is 5.84 Å². The zero-order chi connectivity index (χ0) is 13.9. The topological polar surface area (TPSA) is 50.9 Å². The Labute approximate surface area is 129 Å². The first-order chi connectivity index (χ1) is 9.78. The van der Waals surface area contributed by atoms with Crippen molar-refractivity contribution < 1.29 is 0 Å². The summed E-state index contributed by atoms with van der Waals surface area (Å²) in [4.78, 5) is 4.48. The minimum Gasteiger partial charge on any atom is -0.271 e. The van der Waals surface area contributed by atoms with Crippen LogP contribution < -0.4 is 11.3 Å². The van der Waals surface area contributed by atoms with Crippen LogP contribution in [0.15, 0.2) is 52.4 Å². The van der Waals surface area contributed by atoms with Crippen LogP contribution in [0.2, 0.25) is 0 Å². The SMILES string of the molecule is NNC(Cc1ccccc1Br)c1cnc2ccsc2c1. The van der Waals surface area contributed by atoms with Crippen LogP contribution in [0.25, 0.3) is 10.2 Å². The minimum absolute atomic E-state index is 0.0488. The molecule has 0 saturated carbocycles. The smallest absolute Gasteiger partial charge is 0.0809 e. The fourth-order valence-electron chi connectivity index (χ4n) is 2.21. The fraction of sp³-hybridized carbons (Fsp3) is 0.133. The quantitative estimate of drug-likeness (QED) is 0.557. The Morgan fingerprint density at radius 1 is 1.30 bits per heavy atom. The Morgan fingerprint density at radius 2 is 2.15 bits per heavy atom. The molecule has 1 atom stereocenters. The third-order valence-electron chi connectivity index (χ3n) is 3.31. The van der Waals surface area contributed by atoms with Crippen molar-refractivity contribution in [3.8, 4) is 0 Å². The van der Waals surface area contributed by atoms with E-state index in [1.54, 1.807) is 11.3 Å². The maximum atomic E-state index is 5.73. The first-order valence-corrected chi connectivity index (χ1v) is 7.98. The molecule has 0 bridgehead atoms. The Morgan fingerprint density at radius 3 is 2.95 bits per heavy atom. The lowest BCUT2D eigenvalue weighted by molar-refractivity contribution is 0.550. The molecule has 0 saturated heterocycles. The van der Waals surface area contributed by atoms with Crippen LogP contribution >= 0.6 is 27.3 Å². The van der Waals surface area contributed by atoms with E-state index in [0.717, 1.165) is 22.0 Å². The number of hydrazine groups is 1. The normalized spacial score (nSPS) is 12.7. The molecule has 0 aliphatic carbocycles. The van der Waals surface area contributed by atoms with E-state index in [1.807, 2.05) is 30.5 Å². The van der Waals surface area contributed by atoms with Crippen molar-refractivity contribution in [1.29, 1.82) is 0 Å². The van der Waals surface area contributed by atoms with Gasteiger partial charge in [-0.3, -0.25) is 16.3 Å². The van der Waals surface area contributed by atoms with E-state index in [-0.39, 0.29) is 6.04 Å². The minimum atomic E-state index is 0.0488. The lowest BCUT2D eigenvalue weighted by atomic mass is 10.0. The van der Waals surface area contributed by atoms with Gasteiger partial charge in [-0.1, -0.05) is 34.1 Å². The number of fused-ring (bicyclic) bond motifs is 1. The summed E-state index contributed by atoms with van der Waals surface area (Å²) in [5.74, 6) is 5.73. The standard InChI is InChI=1S/C15H14BrN3S/c16-12-4-2-1-3-10(12)7-14(19-17)11-8-15-13(18-9-11)5-6-20-15/h1-6,8-9,14,19H,7,17H2. The Bertz CT molecular complexity index is 726. The highest BCUT2D eigenvalue weighted by Crippen LogP contribution is 2.26. The highest BCUT2D eigenvalue weighted by atomic mass is 79.9. The maximum Gasteiger partial charge on any atom is 0.0809 e. The van der Waals surface area contributed by atoms with Gasteiger partial charge in [0.05, 0.1) is 16.3 Å². The van der Waals surface area contributed by atoms with Crippen molar-refractivity contribution in [3.63, 3.8) is 0 Å². The molecule has 2 heterocycles. The third-order valence-corrected chi connectivity index (χ3v) is 4.94. The van der Waals surface area contributed by atoms with E-state index in [9.17, 15) is 0 Å². The second-order valence-corrected chi connectivity index (χ2v) is 6.39. The Hall–Kier alpha value is -1.27. The summed E-state index contributed by atoms with van der Waals surface area (Å²) in [7, 11) is 0. The van der Waals surface area contributed by atoms with Gasteiger partial charge in [0, 0.05) is 10.7 Å². The molecule has 20 heavy (non-hydrogen) atoms. The number of pyridine rings is 1. The van der Waals surface area contributed by atoms with Crippen LogP contribution in [0, 0.1) is 0 Å². The molecule has 0 radical (unpaired) electrons. The van der Waals surface area contributed by atoms with Crippen molar-refractivity contribution in [2.45, 2.75) is 12.5 Å². The van der Waals surface area contributed by atoms with Crippen LogP contribution in [-0.2, 0) is 6.42 Å². The average Bonchev–Trinajstić information content (AvgIpc) is 2.94. The predicted octanol–water partition coefficient (Wildman–Crippen LogP) is 3.81. The molecule has 0 spiro atoms. The first kappa shape index (κ1) is 13.7. The van der Waals surface area contributed by atoms with Gasteiger partial charge in [0.2, 0.25) is 0 Å². The summed E-state index contributed by atoms with van der Waals surface area (Å²) in [6.07, 6.45) is 2.72. The van der Waals surface area contributed by atoms with Gasteiger partial charge in [0.15, 0.2) is 0 Å². The molecule has 0 amide bonds. The number of nitrogens with one attached hydrogen (secondary N) is 1. The zero-order valence-corrected chi connectivity index (χ0v) is 13.1. The number of nitrogens with two attached hydrogens (primary N) is 1. The van der Waals surface area contributed by atoms with Gasteiger partial charge in [-0.2, -0.15) is 0 Å². The summed E-state index contributed by atoms with van der Waals surface area (Å²) in [5.41, 5.74) is 6.27. The van der Waals surface area contributed by atoms with Gasteiger partial charge in [-0.15, -0.1) is 11.3 Å². The second-order valence-electron chi connectivity index (χ2n) is 4.59. The molecule has 3 rings (SSSR count). The third kappa shape index (κ3) is 2.76. The Kier molecular flexibility index (Phi) is 4.12. The lowest BCUT2D eigenvalue weighted by Gasteiger charge is -2.17. The molecule has 2 aromatic heterocycles. The molecule has 1 aromatic carbocycles. The van der Waals surface area contributed by atoms with Crippen LogP contribution in [0.3, 0.4) is 0 Å². The number of rotatable bonds is 4. The number of thiophene rings is 1. The molecule has 0 fully saturated rings. The van der Waals surface area contributed by atoms with Crippen LogP contribution in [0.5, 0.6) is 0 Å². The monoisotopic (exact) mass is 347 g/mol. The summed E-state index contributed by atoms with van der Waals surface area (Å²) in [6, 6.07) is 12.4. The molecule has 3 nitrogen and oxygen atoms in total. The van der Waals surface area contributed by atoms with Crippen molar-refractivity contribution >= 4 is 37.5 Å². The van der Waals surface area contributed by atoms with Crippen LogP contribution in [0.1, 0.15) is 17.2 Å². The van der Waals surface area contributed by atoms with Crippen LogP contribution in [-0.4, -0.2) is 4.98 Å². The molecule has 3 aromatic rings. The van der Waals surface area contributed by atoms with Crippen LogP contribution in [0.4, 0.5) is 0 Å². The summed E-state index contributed by atoms with van der Waals surface area (Å²) in [6.45, 7) is 0. The van der Waals surface area contributed by atoms with Gasteiger partial charge < -0.3 is 0 Å². The molecule has 0 aliphatic rings. The zero-order valence-electron chi connectivity index (χ0n) is 10.7. The van der Waals surface area contributed by atoms with Gasteiger partial charge >= 0.3 is 0 Å². The number of nitrogens with zero attached hydrogens (tertiary/aromatic N) is 1. The molecule has 5 heteroatoms. The molecule has 3 N–H and O–H groups in total. The highest BCUT2D eigenvalue weighted by Gasteiger charge is 2.13. The second kappa shape index (κ2) is 6.01. The summed E-state index contributed by atoms with van der Waals surface area (Å²) >= 11 is 5.28. The van der Waals surface area contributed by atoms with E-state index in [1.165, 1.54) is 10.3 Å². The van der Waals surface area contributed by atoms with Gasteiger partial charge in [-0.25, -0.2) is 0 Å². The van der Waals surface area contributed by atoms with Crippen molar-refractivity contribution in [1.82, 2.24) is 10.4 Å². The molecular weight excluding hydrogens is 334 g/mol. The maximum absolute atomic E-state index is 5.73. The molecular formula is C15H14BrN3S. The molecule has 102 valence electrons. The predicted molar refractivity (Wildman–Crippen MR) is 87.5 cm³/mol. The van der Waals surface area contributed by atoms with E-state index in [2.05, 4.69) is 43.9 Å². The molecule has 0 aliphatic heterocycles. The summed E-state index contributed by atoms with van der Waals surface area (Å²) in [5, 5.41) is 2.06. The summed E-state index contributed by atoms with van der Waals surface area (Å²) < 4.78 is 2.29. The van der Waals surface area contributed by atoms with Gasteiger partial charge in [0.1, 0.15) is 0 Å². The molecule has 1 unspecified atom stereocenters. The van der Waals surface area contributed by atoms with E-state index < -0.39 is 0 Å². The number of hydrogen-bond acceptors (Lipinski definition) is 4. The Balaban J connectivity index is 1.91. The number of halogens is 1. The highest BCUT2D eigenvalue weighted by molar-refractivity contribution is 9.10. The largest absolute Gasteiger partial charge is 0.271 e. The number of aromatic nitrogens is 1. The van der Waals surface area contributed by atoms with Crippen molar-refractivity contribution in [2.75, 3.05) is 0 Å². The van der Waals surface area contributed by atoms with Crippen molar-refractivity contribution in [3.05, 3.63) is 63.6 Å². The van der Waals surface area contributed by atoms with Gasteiger partial charge in [0.25, 0.3) is 0 Å². The fourth-order valence-corrected chi connectivity index (χ4v) is 3.44. The first-order valence-electron chi connectivity index (χ1n) is 6.30. The number of benzene rings is 1. The van der Waals surface area contributed by atoms with E-state index >= 15 is 0 Å². The van der Waals surface area contributed by atoms with Gasteiger partial charge in [-0.05, 0) is 41.1 Å². The van der Waals surface area contributed by atoms with Crippen molar-refractivity contribution in [2.24, 2.45) is 5.84 Å². The number of hydrogen-bond donors (Lipinski definition) is 2. The average molecular weight is 348 g/mol. The van der Waals surface area contributed by atoms with E-state index in [0.29, 0.717) is 0 Å².